The number of hydrogen-bond acceptors (Lipinski definition) is 2. The third-order valence-electron chi connectivity index (χ3n) is 6.59. The molecule has 1 aliphatic heterocycles. The molecule has 1 N–H and O–H groups in total. The average Bonchev–Trinajstić information content (AvgIpc) is 2.35. The van der Waals surface area contributed by atoms with Crippen molar-refractivity contribution < 1.29 is 0 Å². The molecule has 0 amide bonds. The summed E-state index contributed by atoms with van der Waals surface area (Å²) in [6, 6.07) is 0. The van der Waals surface area contributed by atoms with Crippen LogP contribution in [0.5, 0.6) is 0 Å². The van der Waals surface area contributed by atoms with E-state index in [4.69, 9.17) is 0 Å². The molecule has 0 aromatic rings. The summed E-state index contributed by atoms with van der Waals surface area (Å²) < 4.78 is 0. The van der Waals surface area contributed by atoms with E-state index in [2.05, 4.69) is 24.1 Å². The smallest absolute Gasteiger partial charge is 0.0366 e. The van der Waals surface area contributed by atoms with E-state index in [1.807, 2.05) is 0 Å². The molecule has 0 aromatic carbocycles. The van der Waals surface area contributed by atoms with Gasteiger partial charge in [-0.1, -0.05) is 13.8 Å². The fourth-order valence-electron chi connectivity index (χ4n) is 6.20. The Kier molecular flexibility index (Phi) is 2.97. The van der Waals surface area contributed by atoms with Crippen molar-refractivity contribution >= 4 is 0 Å². The van der Waals surface area contributed by atoms with Crippen molar-refractivity contribution in [3.63, 3.8) is 0 Å². The Labute approximate surface area is 118 Å². The summed E-state index contributed by atoms with van der Waals surface area (Å²) in [5, 5.41) is 4.04. The van der Waals surface area contributed by atoms with Crippen LogP contribution in [0, 0.1) is 29.6 Å². The normalized spacial score (nSPS) is 49.4. The molecule has 5 rings (SSSR count). The van der Waals surface area contributed by atoms with Gasteiger partial charge in [-0.15, -0.1) is 0 Å². The van der Waals surface area contributed by atoms with Gasteiger partial charge in [0.15, 0.2) is 0 Å². The number of nitrogens with zero attached hydrogens (tertiary/aromatic N) is 1. The molecule has 0 aromatic heterocycles. The highest BCUT2D eigenvalue weighted by molar-refractivity contribution is 5.13. The zero-order valence-corrected chi connectivity index (χ0v) is 12.7. The minimum absolute atomic E-state index is 0.514. The van der Waals surface area contributed by atoms with Crippen molar-refractivity contribution in [1.29, 1.82) is 0 Å². The third-order valence-corrected chi connectivity index (χ3v) is 6.59. The van der Waals surface area contributed by atoms with Gasteiger partial charge >= 0.3 is 0 Å². The highest BCUT2D eigenvalue weighted by Crippen LogP contribution is 2.58. The number of nitrogens with one attached hydrogen (secondary N) is 1. The second kappa shape index (κ2) is 4.46. The number of rotatable bonds is 2. The van der Waals surface area contributed by atoms with Crippen LogP contribution in [0.15, 0.2) is 0 Å². The summed E-state index contributed by atoms with van der Waals surface area (Å²) in [4.78, 5) is 2.77. The molecule has 1 heterocycles. The van der Waals surface area contributed by atoms with Gasteiger partial charge in [-0.25, -0.2) is 0 Å². The van der Waals surface area contributed by atoms with Gasteiger partial charge in [0.25, 0.3) is 0 Å². The summed E-state index contributed by atoms with van der Waals surface area (Å²) >= 11 is 0. The first-order chi connectivity index (χ1) is 9.15. The predicted molar refractivity (Wildman–Crippen MR) is 79.1 cm³/mol. The third kappa shape index (κ3) is 1.98. The van der Waals surface area contributed by atoms with E-state index in [1.165, 1.54) is 51.9 Å². The minimum Gasteiger partial charge on any atom is -0.308 e. The molecule has 4 aliphatic carbocycles. The lowest BCUT2D eigenvalue weighted by Crippen LogP contribution is -2.72. The first kappa shape index (κ1) is 12.6. The SMILES string of the molecule is CC(C)CN1CCNC2(C1)C1CC3CC(C1)CC2C3. The van der Waals surface area contributed by atoms with Gasteiger partial charge in [0, 0.05) is 31.7 Å². The molecular formula is C17H30N2. The molecule has 0 unspecified atom stereocenters. The van der Waals surface area contributed by atoms with Crippen LogP contribution in [0.2, 0.25) is 0 Å². The largest absolute Gasteiger partial charge is 0.308 e. The van der Waals surface area contributed by atoms with Gasteiger partial charge in [0.1, 0.15) is 0 Å². The Morgan fingerprint density at radius 1 is 1.05 bits per heavy atom. The van der Waals surface area contributed by atoms with Gasteiger partial charge in [-0.3, -0.25) is 4.90 Å². The molecule has 108 valence electrons. The van der Waals surface area contributed by atoms with Gasteiger partial charge in [0.05, 0.1) is 0 Å². The van der Waals surface area contributed by atoms with Crippen LogP contribution in [0.1, 0.15) is 46.0 Å². The van der Waals surface area contributed by atoms with Crippen molar-refractivity contribution in [2.45, 2.75) is 51.5 Å². The summed E-state index contributed by atoms with van der Waals surface area (Å²) in [6.45, 7) is 9.88. The molecule has 0 radical (unpaired) electrons. The monoisotopic (exact) mass is 262 g/mol. The molecule has 5 fully saturated rings. The quantitative estimate of drug-likeness (QED) is 0.823. The minimum atomic E-state index is 0.514. The molecule has 2 nitrogen and oxygen atoms in total. The molecule has 4 saturated carbocycles. The molecule has 1 spiro atoms. The van der Waals surface area contributed by atoms with E-state index in [0.29, 0.717) is 5.54 Å². The van der Waals surface area contributed by atoms with E-state index in [-0.39, 0.29) is 0 Å². The summed E-state index contributed by atoms with van der Waals surface area (Å²) in [6.07, 6.45) is 7.72. The topological polar surface area (TPSA) is 15.3 Å². The second-order valence-electron chi connectivity index (χ2n) is 8.40. The second-order valence-corrected chi connectivity index (χ2v) is 8.40. The van der Waals surface area contributed by atoms with Crippen LogP contribution < -0.4 is 5.32 Å². The summed E-state index contributed by atoms with van der Waals surface area (Å²) in [7, 11) is 0. The van der Waals surface area contributed by atoms with Crippen molar-refractivity contribution in [3.8, 4) is 0 Å². The Morgan fingerprint density at radius 2 is 1.68 bits per heavy atom. The number of piperazine rings is 1. The Hall–Kier alpha value is -0.0800. The van der Waals surface area contributed by atoms with E-state index >= 15 is 0 Å². The fourth-order valence-corrected chi connectivity index (χ4v) is 6.20. The van der Waals surface area contributed by atoms with Crippen LogP contribution >= 0.6 is 0 Å². The maximum atomic E-state index is 4.04. The molecule has 1 saturated heterocycles. The van der Waals surface area contributed by atoms with Crippen LogP contribution in [0.25, 0.3) is 0 Å². The Bertz CT molecular complexity index is 321. The highest BCUT2D eigenvalue weighted by atomic mass is 15.2. The van der Waals surface area contributed by atoms with E-state index in [0.717, 1.165) is 29.6 Å². The van der Waals surface area contributed by atoms with Gasteiger partial charge < -0.3 is 5.32 Å². The van der Waals surface area contributed by atoms with Gasteiger partial charge in [-0.2, -0.15) is 0 Å². The maximum Gasteiger partial charge on any atom is 0.0366 e. The van der Waals surface area contributed by atoms with Gasteiger partial charge in [0.2, 0.25) is 0 Å². The summed E-state index contributed by atoms with van der Waals surface area (Å²) in [5.74, 6) is 5.00. The van der Waals surface area contributed by atoms with Crippen LogP contribution in [-0.4, -0.2) is 36.6 Å². The van der Waals surface area contributed by atoms with Crippen molar-refractivity contribution in [3.05, 3.63) is 0 Å². The average molecular weight is 262 g/mol. The molecular weight excluding hydrogens is 232 g/mol. The van der Waals surface area contributed by atoms with Crippen molar-refractivity contribution in [2.24, 2.45) is 29.6 Å². The molecule has 4 bridgehead atoms. The molecule has 5 aliphatic rings. The lowest BCUT2D eigenvalue weighted by atomic mass is 9.48. The number of hydrogen-bond donors (Lipinski definition) is 1. The van der Waals surface area contributed by atoms with Crippen molar-refractivity contribution in [2.75, 3.05) is 26.2 Å². The van der Waals surface area contributed by atoms with Crippen molar-refractivity contribution in [1.82, 2.24) is 10.2 Å². The van der Waals surface area contributed by atoms with E-state index in [1.54, 1.807) is 6.42 Å². The molecule has 2 heteroatoms. The predicted octanol–water partition coefficient (Wildman–Crippen LogP) is 2.74. The Morgan fingerprint density at radius 3 is 2.26 bits per heavy atom. The highest BCUT2D eigenvalue weighted by Gasteiger charge is 2.57. The van der Waals surface area contributed by atoms with Crippen LogP contribution in [0.4, 0.5) is 0 Å². The van der Waals surface area contributed by atoms with E-state index < -0.39 is 0 Å². The first-order valence-electron chi connectivity index (χ1n) is 8.63. The zero-order valence-electron chi connectivity index (χ0n) is 12.7. The molecule has 19 heavy (non-hydrogen) atoms. The summed E-state index contributed by atoms with van der Waals surface area (Å²) in [5.41, 5.74) is 0.514. The fraction of sp³-hybridized carbons (Fsp3) is 1.00. The van der Waals surface area contributed by atoms with Gasteiger partial charge in [-0.05, 0) is 61.7 Å². The van der Waals surface area contributed by atoms with E-state index in [9.17, 15) is 0 Å². The zero-order chi connectivity index (χ0) is 13.0. The lowest BCUT2D eigenvalue weighted by Gasteiger charge is -2.64. The lowest BCUT2D eigenvalue weighted by molar-refractivity contribution is -0.0990. The van der Waals surface area contributed by atoms with Crippen LogP contribution in [-0.2, 0) is 0 Å². The van der Waals surface area contributed by atoms with Crippen LogP contribution in [0.3, 0.4) is 0 Å². The Balaban J connectivity index is 1.55. The first-order valence-corrected chi connectivity index (χ1v) is 8.63. The standard InChI is InChI=1S/C17H30N2/c1-12(2)10-19-4-3-18-17(11-19)15-6-13-5-14(8-15)9-16(17)7-13/h12-16,18H,3-11H2,1-2H3. The molecule has 0 atom stereocenters. The maximum absolute atomic E-state index is 4.04.